The average molecular weight is 478 g/mol. The zero-order valence-electron chi connectivity index (χ0n) is 20.9. The minimum absolute atomic E-state index is 0.0994. The highest BCUT2D eigenvalue weighted by atomic mass is 32.2. The molecule has 33 heavy (non-hydrogen) atoms. The average Bonchev–Trinajstić information content (AvgIpc) is 2.68. The molecule has 0 radical (unpaired) electrons. The van der Waals surface area contributed by atoms with Gasteiger partial charge in [-0.1, -0.05) is 35.9 Å². The Bertz CT molecular complexity index is 820. The van der Waals surface area contributed by atoms with Gasteiger partial charge in [0, 0.05) is 12.6 Å². The van der Waals surface area contributed by atoms with Crippen LogP contribution < -0.4 is 10.6 Å². The summed E-state index contributed by atoms with van der Waals surface area (Å²) in [6.07, 6.45) is 3.25. The van der Waals surface area contributed by atoms with E-state index in [4.69, 9.17) is 4.74 Å². The monoisotopic (exact) mass is 477 g/mol. The fraction of sp³-hybridized carbons (Fsp3) is 0.560. The molecule has 8 heteroatoms. The zero-order chi connectivity index (χ0) is 25.2. The van der Waals surface area contributed by atoms with E-state index in [0.29, 0.717) is 17.7 Å². The minimum atomic E-state index is -0.866. The van der Waals surface area contributed by atoms with Gasteiger partial charge in [0.25, 0.3) is 0 Å². The molecule has 0 saturated heterocycles. The molecular weight excluding hydrogens is 438 g/mol. The van der Waals surface area contributed by atoms with E-state index < -0.39 is 23.8 Å². The lowest BCUT2D eigenvalue weighted by atomic mass is 10.00. The first-order valence-corrected chi connectivity index (χ1v) is 12.6. The van der Waals surface area contributed by atoms with Crippen LogP contribution in [0.3, 0.4) is 0 Å². The van der Waals surface area contributed by atoms with Crippen LogP contribution in [0.2, 0.25) is 0 Å². The molecule has 0 aliphatic carbocycles. The molecule has 3 amide bonds. The predicted octanol–water partition coefficient (Wildman–Crippen LogP) is 4.22. The maximum Gasteiger partial charge on any atom is 0.408 e. The second-order valence-corrected chi connectivity index (χ2v) is 10.2. The molecule has 7 nitrogen and oxygen atoms in total. The number of nitrogens with zero attached hydrogens (tertiary/aromatic N) is 1. The first-order chi connectivity index (χ1) is 15.4. The van der Waals surface area contributed by atoms with Crippen LogP contribution in [0.25, 0.3) is 0 Å². The number of ether oxygens (including phenoxy) is 1. The molecule has 0 spiro atoms. The highest BCUT2D eigenvalue weighted by Gasteiger charge is 2.35. The smallest absolute Gasteiger partial charge is 0.408 e. The van der Waals surface area contributed by atoms with Gasteiger partial charge in [0.1, 0.15) is 17.7 Å². The molecule has 2 unspecified atom stereocenters. The van der Waals surface area contributed by atoms with Crippen molar-refractivity contribution in [2.75, 3.05) is 18.6 Å². The lowest BCUT2D eigenvalue weighted by Gasteiger charge is -2.34. The molecular formula is C25H39N3O4S. The number of alkyl carbamates (subject to hydrolysis) is 1. The number of nitrogens with one attached hydrogen (secondary N) is 2. The number of carbonyl (C=O) groups excluding carboxylic acids is 3. The van der Waals surface area contributed by atoms with Gasteiger partial charge in [0.05, 0.1) is 0 Å². The van der Waals surface area contributed by atoms with Crippen LogP contribution in [0.5, 0.6) is 0 Å². The molecule has 1 aromatic carbocycles. The van der Waals surface area contributed by atoms with Crippen molar-refractivity contribution in [2.24, 2.45) is 0 Å². The second kappa shape index (κ2) is 13.3. The summed E-state index contributed by atoms with van der Waals surface area (Å²) in [5.74, 6) is 0.00782. The summed E-state index contributed by atoms with van der Waals surface area (Å²) in [4.78, 5) is 41.0. The van der Waals surface area contributed by atoms with E-state index in [2.05, 4.69) is 17.2 Å². The summed E-state index contributed by atoms with van der Waals surface area (Å²) >= 11 is 1.57. The first-order valence-electron chi connectivity index (χ1n) is 11.2. The van der Waals surface area contributed by atoms with Crippen LogP contribution in [-0.2, 0) is 14.3 Å². The lowest BCUT2D eigenvalue weighted by molar-refractivity contribution is -0.142. The quantitative estimate of drug-likeness (QED) is 0.466. The van der Waals surface area contributed by atoms with Crippen molar-refractivity contribution in [1.82, 2.24) is 15.5 Å². The van der Waals surface area contributed by atoms with E-state index in [1.165, 1.54) is 4.90 Å². The Hall–Kier alpha value is -2.48. The fourth-order valence-electron chi connectivity index (χ4n) is 3.28. The van der Waals surface area contributed by atoms with Gasteiger partial charge >= 0.3 is 6.09 Å². The van der Waals surface area contributed by atoms with E-state index in [1.807, 2.05) is 51.3 Å². The van der Waals surface area contributed by atoms with Crippen LogP contribution >= 0.6 is 11.8 Å². The normalized spacial score (nSPS) is 13.1. The molecule has 2 N–H and O–H groups in total. The first kappa shape index (κ1) is 28.6. The Morgan fingerprint density at radius 1 is 1.21 bits per heavy atom. The number of hydrogen-bond donors (Lipinski definition) is 2. The van der Waals surface area contributed by atoms with Crippen molar-refractivity contribution in [2.45, 2.75) is 71.7 Å². The maximum atomic E-state index is 13.7. The number of hydrogen-bond acceptors (Lipinski definition) is 5. The summed E-state index contributed by atoms with van der Waals surface area (Å²) < 4.78 is 5.37. The van der Waals surface area contributed by atoms with Gasteiger partial charge in [-0.05, 0) is 65.5 Å². The third-order valence-electron chi connectivity index (χ3n) is 4.56. The van der Waals surface area contributed by atoms with Gasteiger partial charge in [-0.25, -0.2) is 4.79 Å². The Morgan fingerprint density at radius 2 is 1.88 bits per heavy atom. The Kier molecular flexibility index (Phi) is 11.5. The van der Waals surface area contributed by atoms with E-state index >= 15 is 0 Å². The van der Waals surface area contributed by atoms with Crippen LogP contribution in [-0.4, -0.2) is 59.0 Å². The highest BCUT2D eigenvalue weighted by Crippen LogP contribution is 2.24. The third-order valence-corrected chi connectivity index (χ3v) is 5.20. The third kappa shape index (κ3) is 9.90. The standard InChI is InChI=1S/C25H39N3O4S/c1-9-14-28(21(22(29)26-17(2)3)19-12-10-11-18(4)16-19)23(30)20(13-15-33-8)27-24(31)32-25(5,6)7/h9-12,16-17,20-21H,1,13-15H2,2-8H3,(H,26,29)(H,27,31). The number of carbonyl (C=O) groups is 3. The molecule has 2 atom stereocenters. The number of rotatable bonds is 11. The SMILES string of the molecule is C=CCN(C(=O)C(CCSC)NC(=O)OC(C)(C)C)C(C(=O)NC(C)C)c1cccc(C)c1. The Morgan fingerprint density at radius 3 is 2.39 bits per heavy atom. The molecule has 0 aliphatic heterocycles. The van der Waals surface area contributed by atoms with Crippen molar-refractivity contribution in [1.29, 1.82) is 0 Å². The van der Waals surface area contributed by atoms with E-state index in [1.54, 1.807) is 38.6 Å². The number of amides is 3. The largest absolute Gasteiger partial charge is 0.444 e. The van der Waals surface area contributed by atoms with Crippen LogP contribution in [0.4, 0.5) is 4.79 Å². The summed E-state index contributed by atoms with van der Waals surface area (Å²) in [6.45, 7) is 14.9. The molecule has 0 aliphatic rings. The molecule has 0 aromatic heterocycles. The molecule has 0 bridgehead atoms. The zero-order valence-corrected chi connectivity index (χ0v) is 21.8. The maximum absolute atomic E-state index is 13.7. The number of benzene rings is 1. The van der Waals surface area contributed by atoms with Crippen molar-refractivity contribution < 1.29 is 19.1 Å². The molecule has 0 fully saturated rings. The van der Waals surface area contributed by atoms with Crippen LogP contribution in [0.1, 0.15) is 58.2 Å². The van der Waals surface area contributed by atoms with Gasteiger partial charge in [-0.3, -0.25) is 9.59 Å². The number of aryl methyl sites for hydroxylation is 1. The topological polar surface area (TPSA) is 87.7 Å². The van der Waals surface area contributed by atoms with E-state index in [-0.39, 0.29) is 24.4 Å². The highest BCUT2D eigenvalue weighted by molar-refractivity contribution is 7.98. The van der Waals surface area contributed by atoms with Crippen molar-refractivity contribution in [3.63, 3.8) is 0 Å². The predicted molar refractivity (Wildman–Crippen MR) is 135 cm³/mol. The summed E-state index contributed by atoms with van der Waals surface area (Å²) in [5.41, 5.74) is 0.982. The molecule has 184 valence electrons. The molecule has 0 heterocycles. The van der Waals surface area contributed by atoms with Gasteiger partial charge < -0.3 is 20.3 Å². The fourth-order valence-corrected chi connectivity index (χ4v) is 3.75. The minimum Gasteiger partial charge on any atom is -0.444 e. The Balaban J connectivity index is 3.38. The van der Waals surface area contributed by atoms with Crippen molar-refractivity contribution in [3.05, 3.63) is 48.0 Å². The Labute approximate surface area is 202 Å². The summed E-state index contributed by atoms with van der Waals surface area (Å²) in [6, 6.07) is 5.72. The van der Waals surface area contributed by atoms with Gasteiger partial charge in [0.2, 0.25) is 11.8 Å². The van der Waals surface area contributed by atoms with Crippen LogP contribution in [0.15, 0.2) is 36.9 Å². The van der Waals surface area contributed by atoms with Gasteiger partial charge in [0.15, 0.2) is 0 Å². The molecule has 1 aromatic rings. The lowest BCUT2D eigenvalue weighted by Crippen LogP contribution is -2.53. The van der Waals surface area contributed by atoms with Crippen LogP contribution in [0, 0.1) is 6.92 Å². The van der Waals surface area contributed by atoms with Crippen molar-refractivity contribution >= 4 is 29.7 Å². The number of thioether (sulfide) groups is 1. The van der Waals surface area contributed by atoms with E-state index in [9.17, 15) is 14.4 Å². The molecule has 0 saturated carbocycles. The second-order valence-electron chi connectivity index (χ2n) is 9.24. The van der Waals surface area contributed by atoms with Crippen molar-refractivity contribution in [3.8, 4) is 0 Å². The summed E-state index contributed by atoms with van der Waals surface area (Å²) in [7, 11) is 0. The molecule has 1 rings (SSSR count). The van der Waals surface area contributed by atoms with E-state index in [0.717, 1.165) is 5.56 Å². The summed E-state index contributed by atoms with van der Waals surface area (Å²) in [5, 5.41) is 5.64. The van der Waals surface area contributed by atoms with Gasteiger partial charge in [-0.15, -0.1) is 6.58 Å². The van der Waals surface area contributed by atoms with Gasteiger partial charge in [-0.2, -0.15) is 11.8 Å².